The summed E-state index contributed by atoms with van der Waals surface area (Å²) in [4.78, 5) is 23.4. The van der Waals surface area contributed by atoms with Crippen molar-refractivity contribution in [1.82, 2.24) is 9.97 Å². The van der Waals surface area contributed by atoms with E-state index in [0.717, 1.165) is 0 Å². The van der Waals surface area contributed by atoms with Gasteiger partial charge in [-0.1, -0.05) is 31.4 Å². The number of anilines is 2. The molecule has 1 aliphatic rings. The van der Waals surface area contributed by atoms with E-state index in [0.29, 0.717) is 35.4 Å². The molecule has 1 aliphatic carbocycles. The van der Waals surface area contributed by atoms with Gasteiger partial charge in [0.05, 0.1) is 0 Å². The van der Waals surface area contributed by atoms with Gasteiger partial charge in [-0.05, 0) is 56.4 Å². The fourth-order valence-corrected chi connectivity index (χ4v) is 3.87. The van der Waals surface area contributed by atoms with Gasteiger partial charge in [-0.2, -0.15) is 4.98 Å². The van der Waals surface area contributed by atoms with Crippen LogP contribution in [0.3, 0.4) is 0 Å². The molecule has 29 heavy (non-hydrogen) atoms. The van der Waals surface area contributed by atoms with Crippen molar-refractivity contribution in [3.05, 3.63) is 60.1 Å². The van der Waals surface area contributed by atoms with Crippen LogP contribution in [-0.4, -0.2) is 28.5 Å². The largest absolute Gasteiger partial charge is 0.348 e. The van der Waals surface area contributed by atoms with Gasteiger partial charge in [0.25, 0.3) is 5.91 Å². The molecule has 0 aliphatic heterocycles. The van der Waals surface area contributed by atoms with Crippen molar-refractivity contribution in [3.8, 4) is 0 Å². The summed E-state index contributed by atoms with van der Waals surface area (Å²) >= 11 is 0. The Balaban J connectivity index is 1.79. The summed E-state index contributed by atoms with van der Waals surface area (Å²) in [6.07, 6.45) is 9.66. The number of carbonyl (C=O) groups excluding carboxylic acids is 1. The molecule has 1 saturated carbocycles. The van der Waals surface area contributed by atoms with E-state index in [1.807, 2.05) is 13.0 Å². The Hall–Kier alpha value is -2.76. The van der Waals surface area contributed by atoms with Gasteiger partial charge in [0.1, 0.15) is 11.6 Å². The van der Waals surface area contributed by atoms with Gasteiger partial charge in [0.2, 0.25) is 5.95 Å². The third-order valence-corrected chi connectivity index (χ3v) is 5.60. The van der Waals surface area contributed by atoms with Crippen molar-refractivity contribution < 1.29 is 9.18 Å². The summed E-state index contributed by atoms with van der Waals surface area (Å²) < 4.78 is 13.9. The number of halogens is 1. The normalized spacial score (nSPS) is 15.6. The Morgan fingerprint density at radius 1 is 1.34 bits per heavy atom. The van der Waals surface area contributed by atoms with E-state index in [2.05, 4.69) is 21.9 Å². The van der Waals surface area contributed by atoms with E-state index >= 15 is 0 Å². The second kappa shape index (κ2) is 9.63. The molecule has 0 bridgehead atoms. The Morgan fingerprint density at radius 3 is 2.76 bits per heavy atom. The number of amides is 1. The van der Waals surface area contributed by atoms with Crippen LogP contribution >= 0.6 is 0 Å². The molecule has 0 spiro atoms. The van der Waals surface area contributed by atoms with Crippen molar-refractivity contribution in [2.45, 2.75) is 52.0 Å². The number of rotatable bonds is 7. The Kier molecular flexibility index (Phi) is 6.96. The summed E-state index contributed by atoms with van der Waals surface area (Å²) in [6.45, 7) is 7.93. The van der Waals surface area contributed by atoms with Crippen LogP contribution in [0.1, 0.15) is 54.9 Å². The maximum atomic E-state index is 13.9. The lowest BCUT2D eigenvalue weighted by Crippen LogP contribution is -2.33. The highest BCUT2D eigenvalue weighted by atomic mass is 19.1. The molecule has 0 unspecified atom stereocenters. The minimum Gasteiger partial charge on any atom is -0.348 e. The molecule has 1 N–H and O–H groups in total. The average molecular weight is 397 g/mol. The molecule has 0 radical (unpaired) electrons. The third-order valence-electron chi connectivity index (χ3n) is 5.60. The molecular formula is C23H29FN4O. The van der Waals surface area contributed by atoms with Crippen molar-refractivity contribution in [3.63, 3.8) is 0 Å². The summed E-state index contributed by atoms with van der Waals surface area (Å²) in [7, 11) is 0. The SMILES string of the molecule is C=C[C@H](Nc1nccc(N(CC)C(=O)c2ccc(C)c(F)c2)n1)C1CCCCC1. The lowest BCUT2D eigenvalue weighted by atomic mass is 9.84. The van der Waals surface area contributed by atoms with Crippen LogP contribution < -0.4 is 10.2 Å². The summed E-state index contributed by atoms with van der Waals surface area (Å²) in [6, 6.07) is 6.32. The second-order valence-electron chi connectivity index (χ2n) is 7.56. The van der Waals surface area contributed by atoms with Crippen LogP contribution in [0.15, 0.2) is 43.1 Å². The first kappa shape index (κ1) is 21.0. The number of benzene rings is 1. The van der Waals surface area contributed by atoms with Gasteiger partial charge >= 0.3 is 0 Å². The first-order valence-electron chi connectivity index (χ1n) is 10.3. The number of aromatic nitrogens is 2. The number of carbonyl (C=O) groups is 1. The molecule has 1 amide bonds. The summed E-state index contributed by atoms with van der Waals surface area (Å²) in [5, 5.41) is 3.37. The summed E-state index contributed by atoms with van der Waals surface area (Å²) in [5.41, 5.74) is 0.811. The first-order valence-corrected chi connectivity index (χ1v) is 10.3. The molecule has 3 rings (SSSR count). The Bertz CT molecular complexity index is 864. The lowest BCUT2D eigenvalue weighted by molar-refractivity contribution is 0.0987. The number of aryl methyl sites for hydroxylation is 1. The number of nitrogens with one attached hydrogen (secondary N) is 1. The molecular weight excluding hydrogens is 367 g/mol. The smallest absolute Gasteiger partial charge is 0.259 e. The number of hydrogen-bond acceptors (Lipinski definition) is 4. The quantitative estimate of drug-likeness (QED) is 0.659. The van der Waals surface area contributed by atoms with Crippen LogP contribution in [0.4, 0.5) is 16.2 Å². The van der Waals surface area contributed by atoms with Crippen LogP contribution in [0.2, 0.25) is 0 Å². The van der Waals surface area contributed by atoms with Gasteiger partial charge in [0, 0.05) is 24.3 Å². The lowest BCUT2D eigenvalue weighted by Gasteiger charge is -2.29. The maximum Gasteiger partial charge on any atom is 0.259 e. The predicted octanol–water partition coefficient (Wildman–Crippen LogP) is 5.14. The van der Waals surface area contributed by atoms with Crippen LogP contribution in [-0.2, 0) is 0 Å². The molecule has 154 valence electrons. The van der Waals surface area contributed by atoms with E-state index in [1.165, 1.54) is 43.1 Å². The Labute approximate surface area is 172 Å². The molecule has 0 saturated heterocycles. The van der Waals surface area contributed by atoms with E-state index in [1.54, 1.807) is 31.3 Å². The molecule has 1 atom stereocenters. The number of hydrogen-bond donors (Lipinski definition) is 1. The molecule has 1 fully saturated rings. The highest BCUT2D eigenvalue weighted by Gasteiger charge is 2.23. The second-order valence-corrected chi connectivity index (χ2v) is 7.56. The van der Waals surface area contributed by atoms with Gasteiger partial charge in [-0.3, -0.25) is 9.69 Å². The Morgan fingerprint density at radius 2 is 2.10 bits per heavy atom. The van der Waals surface area contributed by atoms with Gasteiger partial charge in [0.15, 0.2) is 0 Å². The van der Waals surface area contributed by atoms with E-state index in [9.17, 15) is 9.18 Å². The zero-order chi connectivity index (χ0) is 20.8. The highest BCUT2D eigenvalue weighted by Crippen LogP contribution is 2.28. The maximum absolute atomic E-state index is 13.9. The predicted molar refractivity (Wildman–Crippen MR) is 115 cm³/mol. The molecule has 6 heteroatoms. The first-order chi connectivity index (χ1) is 14.0. The molecule has 1 aromatic heterocycles. The molecule has 2 aromatic rings. The minimum atomic E-state index is -0.391. The van der Waals surface area contributed by atoms with E-state index in [4.69, 9.17) is 0 Å². The third kappa shape index (κ3) is 5.00. The van der Waals surface area contributed by atoms with Crippen molar-refractivity contribution >= 4 is 17.7 Å². The van der Waals surface area contributed by atoms with Gasteiger partial charge in [-0.15, -0.1) is 6.58 Å². The van der Waals surface area contributed by atoms with Crippen LogP contribution in [0, 0.1) is 18.7 Å². The molecule has 5 nitrogen and oxygen atoms in total. The highest BCUT2D eigenvalue weighted by molar-refractivity contribution is 6.05. The standard InChI is InChI=1S/C23H29FN4O/c1-4-20(17-9-7-6-8-10-17)26-23-25-14-13-21(27-23)28(5-2)22(29)18-12-11-16(3)19(24)15-18/h4,11-15,17,20H,1,5-10H2,2-3H3,(H,25,26,27)/t20-/m0/s1. The fourth-order valence-electron chi connectivity index (χ4n) is 3.87. The zero-order valence-electron chi connectivity index (χ0n) is 17.2. The number of nitrogens with zero attached hydrogens (tertiary/aromatic N) is 3. The van der Waals surface area contributed by atoms with Crippen molar-refractivity contribution in [1.29, 1.82) is 0 Å². The minimum absolute atomic E-state index is 0.0996. The van der Waals surface area contributed by atoms with Crippen LogP contribution in [0.25, 0.3) is 0 Å². The molecule has 1 aromatic carbocycles. The van der Waals surface area contributed by atoms with E-state index < -0.39 is 5.82 Å². The summed E-state index contributed by atoms with van der Waals surface area (Å²) in [5.74, 6) is 0.802. The zero-order valence-corrected chi connectivity index (χ0v) is 17.2. The molecule has 1 heterocycles. The van der Waals surface area contributed by atoms with Crippen LogP contribution in [0.5, 0.6) is 0 Å². The fraction of sp³-hybridized carbons (Fsp3) is 0.435. The van der Waals surface area contributed by atoms with Gasteiger partial charge in [-0.25, -0.2) is 9.37 Å². The van der Waals surface area contributed by atoms with E-state index in [-0.39, 0.29) is 11.9 Å². The van der Waals surface area contributed by atoms with Crippen molar-refractivity contribution in [2.24, 2.45) is 5.92 Å². The monoisotopic (exact) mass is 396 g/mol. The average Bonchev–Trinajstić information content (AvgIpc) is 2.75. The van der Waals surface area contributed by atoms with Gasteiger partial charge < -0.3 is 5.32 Å². The van der Waals surface area contributed by atoms with Crippen molar-refractivity contribution in [2.75, 3.05) is 16.8 Å². The topological polar surface area (TPSA) is 58.1 Å².